The molecule has 0 saturated carbocycles. The number of hydrogen-bond acceptors (Lipinski definition) is 6. The number of pyridine rings is 3. The summed E-state index contributed by atoms with van der Waals surface area (Å²) in [5.74, 6) is 0. The van der Waals surface area contributed by atoms with Crippen molar-refractivity contribution in [1.82, 2.24) is 15.0 Å². The largest absolute Gasteiger partial charge is 0.256 e. The second-order valence-electron chi connectivity index (χ2n) is 18.2. The van der Waals surface area contributed by atoms with Gasteiger partial charge in [-0.15, -0.1) is 0 Å². The molecule has 0 amide bonds. The van der Waals surface area contributed by atoms with E-state index >= 15 is 0 Å². The first-order valence-electron chi connectivity index (χ1n) is 20.6. The highest BCUT2D eigenvalue weighted by Crippen LogP contribution is 2.35. The van der Waals surface area contributed by atoms with Crippen molar-refractivity contribution in [2.24, 2.45) is 31.2 Å². The molecule has 0 aliphatic rings. The summed E-state index contributed by atoms with van der Waals surface area (Å²) in [6.07, 6.45) is 5.47. The summed E-state index contributed by atoms with van der Waals surface area (Å²) < 4.78 is 0. The van der Waals surface area contributed by atoms with Gasteiger partial charge < -0.3 is 0 Å². The molecule has 0 atom stereocenters. The van der Waals surface area contributed by atoms with E-state index in [9.17, 15) is 0 Å². The van der Waals surface area contributed by atoms with Gasteiger partial charge in [0.25, 0.3) is 0 Å². The predicted molar refractivity (Wildman–Crippen MR) is 252 cm³/mol. The van der Waals surface area contributed by atoms with Crippen LogP contribution in [0.1, 0.15) is 79.0 Å². The van der Waals surface area contributed by atoms with Gasteiger partial charge in [-0.3, -0.25) is 29.9 Å². The van der Waals surface area contributed by atoms with Gasteiger partial charge in [0, 0.05) is 51.5 Å². The zero-order valence-corrected chi connectivity index (χ0v) is 36.3. The average molecular weight is 787 g/mol. The fourth-order valence-corrected chi connectivity index (χ4v) is 7.14. The summed E-state index contributed by atoms with van der Waals surface area (Å²) in [6.45, 7) is 20.0. The molecule has 0 radical (unpaired) electrons. The Morgan fingerprint density at radius 3 is 0.783 bits per heavy atom. The number of aromatic nitrogens is 3. The van der Waals surface area contributed by atoms with Gasteiger partial charge in [0.2, 0.25) is 0 Å². The molecule has 0 unspecified atom stereocenters. The van der Waals surface area contributed by atoms with Crippen LogP contribution in [0.5, 0.6) is 0 Å². The van der Waals surface area contributed by atoms with Crippen LogP contribution in [0.4, 0.5) is 17.1 Å². The summed E-state index contributed by atoms with van der Waals surface area (Å²) in [6, 6.07) is 49.7. The third-order valence-electron chi connectivity index (χ3n) is 10.1. The number of nitrogens with zero attached hydrogens (tertiary/aromatic N) is 6. The molecule has 0 fully saturated rings. The molecule has 3 heterocycles. The molecule has 6 heteroatoms. The molecule has 0 aliphatic heterocycles. The first kappa shape index (κ1) is 41.5. The van der Waals surface area contributed by atoms with Crippen LogP contribution in [-0.2, 0) is 0 Å². The minimum atomic E-state index is -0.309. The van der Waals surface area contributed by atoms with E-state index in [1.165, 1.54) is 0 Å². The van der Waals surface area contributed by atoms with Gasteiger partial charge >= 0.3 is 0 Å². The normalized spacial score (nSPS) is 13.1. The lowest BCUT2D eigenvalue weighted by atomic mass is 9.78. The van der Waals surface area contributed by atoms with Crippen molar-refractivity contribution in [2.45, 2.75) is 62.3 Å². The van der Waals surface area contributed by atoms with Gasteiger partial charge in [0.15, 0.2) is 0 Å². The third kappa shape index (κ3) is 10.1. The minimum Gasteiger partial charge on any atom is -0.256 e. The average Bonchev–Trinajstić information content (AvgIpc) is 3.24. The van der Waals surface area contributed by atoms with E-state index < -0.39 is 0 Å². The summed E-state index contributed by atoms with van der Waals surface area (Å²) in [4.78, 5) is 29.9. The van der Waals surface area contributed by atoms with Gasteiger partial charge in [-0.25, -0.2) is 0 Å². The molecule has 3 aromatic heterocycles. The van der Waals surface area contributed by atoms with E-state index in [1.54, 1.807) is 0 Å². The highest BCUT2D eigenvalue weighted by molar-refractivity contribution is 6.14. The molecular weight excluding hydrogens is 733 g/mol. The fourth-order valence-electron chi connectivity index (χ4n) is 7.14. The Bertz CT molecular complexity index is 2310. The summed E-state index contributed by atoms with van der Waals surface area (Å²) in [7, 11) is 0. The number of aliphatic imine (C=N–C) groups is 3. The molecule has 0 N–H and O–H groups in total. The van der Waals surface area contributed by atoms with Crippen LogP contribution in [0.3, 0.4) is 0 Å². The molecule has 0 bridgehead atoms. The molecule has 4 aromatic carbocycles. The second kappa shape index (κ2) is 17.3. The van der Waals surface area contributed by atoms with Gasteiger partial charge in [-0.2, -0.15) is 0 Å². The van der Waals surface area contributed by atoms with Crippen LogP contribution in [0.2, 0.25) is 0 Å². The maximum Gasteiger partial charge on any atom is 0.0701 e. The first-order chi connectivity index (χ1) is 28.6. The van der Waals surface area contributed by atoms with E-state index in [-0.39, 0.29) is 16.2 Å². The lowest BCUT2D eigenvalue weighted by Gasteiger charge is -2.28. The van der Waals surface area contributed by atoms with Crippen LogP contribution in [0, 0.1) is 16.2 Å². The Hall–Kier alpha value is -6.66. The summed E-state index contributed by atoms with van der Waals surface area (Å²) in [5, 5.41) is 0. The van der Waals surface area contributed by atoms with Crippen molar-refractivity contribution >= 4 is 34.2 Å². The number of rotatable bonds is 9. The van der Waals surface area contributed by atoms with Crippen LogP contribution in [0.25, 0.3) is 33.8 Å². The van der Waals surface area contributed by atoms with Gasteiger partial charge in [0.1, 0.15) is 0 Å². The van der Waals surface area contributed by atoms with Crippen molar-refractivity contribution in [3.8, 4) is 33.8 Å². The lowest BCUT2D eigenvalue weighted by Crippen LogP contribution is -2.27. The predicted octanol–water partition coefficient (Wildman–Crippen LogP) is 14.4. The summed E-state index contributed by atoms with van der Waals surface area (Å²) in [5.41, 5.74) is 13.6. The molecular formula is C54H54N6. The van der Waals surface area contributed by atoms with E-state index in [4.69, 9.17) is 15.0 Å². The Kier molecular flexibility index (Phi) is 12.0. The molecule has 0 aliphatic carbocycles. The monoisotopic (exact) mass is 786 g/mol. The highest BCUT2D eigenvalue weighted by atomic mass is 14.8. The maximum atomic E-state index is 5.41. The van der Waals surface area contributed by atoms with Gasteiger partial charge in [-0.1, -0.05) is 117 Å². The molecule has 0 spiro atoms. The molecule has 0 saturated heterocycles. The minimum absolute atomic E-state index is 0.309. The SMILES string of the molecule is CC(C)(C)/C(=N/c1ccc(-c2ccccn2)cc1)c1cc(/C(=N\c2ccc(-c3ccccn3)cc2)C(C)(C)C)cc(/C(=N\c2ccc(-c3ccccn3)cc2)C(C)(C)C)c1. The highest BCUT2D eigenvalue weighted by Gasteiger charge is 2.29. The van der Waals surface area contributed by atoms with Crippen LogP contribution in [-0.4, -0.2) is 32.1 Å². The van der Waals surface area contributed by atoms with Crippen molar-refractivity contribution in [2.75, 3.05) is 0 Å². The van der Waals surface area contributed by atoms with Crippen molar-refractivity contribution in [1.29, 1.82) is 0 Å². The van der Waals surface area contributed by atoms with E-state index in [0.29, 0.717) is 0 Å². The van der Waals surface area contributed by atoms with Crippen molar-refractivity contribution < 1.29 is 0 Å². The Labute approximate surface area is 356 Å². The maximum absolute atomic E-state index is 5.41. The standard InChI is InChI=1S/C54H54N6/c1-52(2,3)49(58-43-25-19-37(20-26-43)46-16-10-13-31-55-46)40-34-41(50(53(4,5)6)59-44-27-21-38(22-28-44)47-17-11-14-32-56-47)36-42(35-40)51(54(7,8)9)60-45-29-23-39(24-30-45)48-18-12-15-33-57-48/h10-36H,1-9H3/b58-49+,59-50+,60-51+. The first-order valence-corrected chi connectivity index (χ1v) is 20.6. The van der Waals surface area contributed by atoms with Gasteiger partial charge in [-0.05, 0) is 108 Å². The smallest absolute Gasteiger partial charge is 0.0701 e. The van der Waals surface area contributed by atoms with Crippen molar-refractivity contribution in [3.05, 3.63) is 181 Å². The topological polar surface area (TPSA) is 75.8 Å². The van der Waals surface area contributed by atoms with Gasteiger partial charge in [0.05, 0.1) is 51.3 Å². The molecule has 300 valence electrons. The second-order valence-corrected chi connectivity index (χ2v) is 18.2. The molecule has 60 heavy (non-hydrogen) atoms. The Morgan fingerprint density at radius 2 is 0.583 bits per heavy atom. The van der Waals surface area contributed by atoms with E-state index in [1.807, 2.05) is 73.2 Å². The number of benzene rings is 4. The molecule has 7 rings (SSSR count). The van der Waals surface area contributed by atoms with Crippen molar-refractivity contribution in [3.63, 3.8) is 0 Å². The Balaban J connectivity index is 1.40. The number of hydrogen-bond donors (Lipinski definition) is 0. The summed E-state index contributed by atoms with van der Waals surface area (Å²) >= 11 is 0. The fraction of sp³-hybridized carbons (Fsp3) is 0.222. The van der Waals surface area contributed by atoms with Crippen LogP contribution in [0.15, 0.2) is 179 Å². The van der Waals surface area contributed by atoms with E-state index in [0.717, 1.165) is 84.7 Å². The van der Waals surface area contributed by atoms with Crippen LogP contribution < -0.4 is 0 Å². The molecule has 7 aromatic rings. The zero-order chi connectivity index (χ0) is 42.5. The third-order valence-corrected chi connectivity index (χ3v) is 10.1. The lowest BCUT2D eigenvalue weighted by molar-refractivity contribution is 0.589. The molecule has 6 nitrogen and oxygen atoms in total. The Morgan fingerprint density at radius 1 is 0.333 bits per heavy atom. The quantitative estimate of drug-likeness (QED) is 0.137. The van der Waals surface area contributed by atoms with E-state index in [2.05, 4.69) is 168 Å². The van der Waals surface area contributed by atoms with Crippen LogP contribution >= 0.6 is 0 Å². The zero-order valence-electron chi connectivity index (χ0n) is 36.3.